The van der Waals surface area contributed by atoms with Crippen molar-refractivity contribution in [1.29, 1.82) is 0 Å². The minimum absolute atomic E-state index is 0.0371. The number of fused-ring (bicyclic) bond motifs is 1. The highest BCUT2D eigenvalue weighted by molar-refractivity contribution is 5.86. The number of carbonyl (C=O) groups excluding carboxylic acids is 3. The van der Waals surface area contributed by atoms with Crippen LogP contribution in [0.3, 0.4) is 0 Å². The molecule has 1 heterocycles. The van der Waals surface area contributed by atoms with Crippen LogP contribution in [0.4, 0.5) is 0 Å². The van der Waals surface area contributed by atoms with E-state index in [0.717, 1.165) is 0 Å². The summed E-state index contributed by atoms with van der Waals surface area (Å²) in [6.07, 6.45) is -0.308. The van der Waals surface area contributed by atoms with Gasteiger partial charge in [0.15, 0.2) is 0 Å². The van der Waals surface area contributed by atoms with Crippen molar-refractivity contribution >= 4 is 28.8 Å². The van der Waals surface area contributed by atoms with E-state index < -0.39 is 36.6 Å². The Labute approximate surface area is 160 Å². The molecule has 0 aliphatic rings. The van der Waals surface area contributed by atoms with Crippen molar-refractivity contribution in [3.63, 3.8) is 0 Å². The second-order valence-corrected chi connectivity index (χ2v) is 6.26. The summed E-state index contributed by atoms with van der Waals surface area (Å²) in [5.74, 6) is -3.38. The third-order valence-corrected chi connectivity index (χ3v) is 4.46. The average molecular weight is 389 g/mol. The third kappa shape index (κ3) is 4.48. The number of benzene rings is 1. The van der Waals surface area contributed by atoms with Gasteiger partial charge in [0.2, 0.25) is 5.91 Å². The highest BCUT2D eigenvalue weighted by Gasteiger charge is 2.18. The van der Waals surface area contributed by atoms with Gasteiger partial charge in [-0.15, -0.1) is 0 Å². The van der Waals surface area contributed by atoms with Gasteiger partial charge >= 0.3 is 5.63 Å². The fourth-order valence-electron chi connectivity index (χ4n) is 3.02. The molecule has 1 aromatic heterocycles. The lowest BCUT2D eigenvalue weighted by molar-refractivity contribution is -0.309. The van der Waals surface area contributed by atoms with E-state index in [2.05, 4.69) is 0 Å². The molecular weight excluding hydrogens is 370 g/mol. The summed E-state index contributed by atoms with van der Waals surface area (Å²) in [4.78, 5) is 46.6. The number of rotatable bonds is 8. The molecule has 0 atom stereocenters. The quantitative estimate of drug-likeness (QED) is 0.506. The van der Waals surface area contributed by atoms with Crippen LogP contribution >= 0.6 is 0 Å². The fourth-order valence-corrected chi connectivity index (χ4v) is 3.02. The Balaban J connectivity index is 2.31. The second kappa shape index (κ2) is 8.55. The molecule has 2 rings (SSSR count). The van der Waals surface area contributed by atoms with Gasteiger partial charge in [0, 0.05) is 22.9 Å². The Morgan fingerprint density at radius 1 is 1.07 bits per heavy atom. The highest BCUT2D eigenvalue weighted by atomic mass is 16.5. The maximum absolute atomic E-state index is 12.4. The van der Waals surface area contributed by atoms with Gasteiger partial charge in [0.25, 0.3) is 0 Å². The molecule has 0 unspecified atom stereocenters. The molecular formula is C19H19NO8-2. The first-order valence-corrected chi connectivity index (χ1v) is 8.43. The molecule has 28 heavy (non-hydrogen) atoms. The molecule has 0 aliphatic carbocycles. The Morgan fingerprint density at radius 3 is 2.21 bits per heavy atom. The molecule has 0 saturated carbocycles. The predicted molar refractivity (Wildman–Crippen MR) is 93.4 cm³/mol. The van der Waals surface area contributed by atoms with Gasteiger partial charge in [-0.25, -0.2) is 4.79 Å². The lowest BCUT2D eigenvalue weighted by atomic mass is 10.00. The van der Waals surface area contributed by atoms with E-state index in [1.54, 1.807) is 26.0 Å². The van der Waals surface area contributed by atoms with E-state index in [9.17, 15) is 29.4 Å². The number of carboxylic acids is 2. The molecule has 0 fully saturated rings. The zero-order valence-corrected chi connectivity index (χ0v) is 15.7. The smallest absolute Gasteiger partial charge is 0.339 e. The molecule has 0 radical (unpaired) electrons. The molecule has 0 N–H and O–H groups in total. The standard InChI is InChI=1S/C19H21NO8/c1-10-12-4-6-14(27-3)11(2)18(12)28-19(26)13(10)5-7-15(21)20(8-16(22)23)9-17(24)25/h4,6H,5,7-9H2,1-3H3,(H,22,23)(H,24,25)/p-2. The Hall–Kier alpha value is -3.36. The summed E-state index contributed by atoms with van der Waals surface area (Å²) < 4.78 is 10.6. The summed E-state index contributed by atoms with van der Waals surface area (Å²) in [5.41, 5.74) is 1.30. The van der Waals surface area contributed by atoms with E-state index in [1.165, 1.54) is 7.11 Å². The maximum atomic E-state index is 12.4. The number of aliphatic carboxylic acids is 2. The van der Waals surface area contributed by atoms with Crippen molar-refractivity contribution in [2.24, 2.45) is 0 Å². The van der Waals surface area contributed by atoms with Crippen LogP contribution in [0.2, 0.25) is 0 Å². The number of hydrogen-bond donors (Lipinski definition) is 0. The number of amides is 1. The summed E-state index contributed by atoms with van der Waals surface area (Å²) in [7, 11) is 1.50. The number of carboxylic acid groups (broad SMARTS) is 2. The first kappa shape index (κ1) is 20.9. The van der Waals surface area contributed by atoms with E-state index in [4.69, 9.17) is 9.15 Å². The number of methoxy groups -OCH3 is 1. The Bertz CT molecular complexity index is 976. The van der Waals surface area contributed by atoms with Gasteiger partial charge in [0.1, 0.15) is 11.3 Å². The van der Waals surface area contributed by atoms with Crippen molar-refractivity contribution < 1.29 is 33.8 Å². The first-order chi connectivity index (χ1) is 13.1. The number of hydrogen-bond acceptors (Lipinski definition) is 8. The largest absolute Gasteiger partial charge is 0.548 e. The van der Waals surface area contributed by atoms with Crippen molar-refractivity contribution in [2.75, 3.05) is 20.2 Å². The third-order valence-electron chi connectivity index (χ3n) is 4.46. The van der Waals surface area contributed by atoms with Crippen LogP contribution in [0.5, 0.6) is 5.75 Å². The number of ether oxygens (including phenoxy) is 1. The lowest BCUT2D eigenvalue weighted by Crippen LogP contribution is -2.47. The van der Waals surface area contributed by atoms with Crippen LogP contribution < -0.4 is 20.6 Å². The van der Waals surface area contributed by atoms with Gasteiger partial charge in [-0.05, 0) is 38.0 Å². The fraction of sp³-hybridized carbons (Fsp3) is 0.368. The molecule has 150 valence electrons. The average Bonchev–Trinajstić information content (AvgIpc) is 2.61. The van der Waals surface area contributed by atoms with E-state index in [-0.39, 0.29) is 18.4 Å². The summed E-state index contributed by atoms with van der Waals surface area (Å²) in [6, 6.07) is 3.48. The monoisotopic (exact) mass is 389 g/mol. The van der Waals surface area contributed by atoms with Crippen LogP contribution in [0.25, 0.3) is 11.0 Å². The molecule has 9 heteroatoms. The van der Waals surface area contributed by atoms with Crippen LogP contribution in [-0.4, -0.2) is 42.9 Å². The van der Waals surface area contributed by atoms with Gasteiger partial charge in [0.05, 0.1) is 32.1 Å². The second-order valence-electron chi connectivity index (χ2n) is 6.26. The van der Waals surface area contributed by atoms with Crippen LogP contribution in [0.1, 0.15) is 23.1 Å². The van der Waals surface area contributed by atoms with Crippen molar-refractivity contribution in [3.05, 3.63) is 39.2 Å². The Kier molecular flexibility index (Phi) is 6.40. The lowest BCUT2D eigenvalue weighted by Gasteiger charge is -2.23. The zero-order chi connectivity index (χ0) is 21.0. The molecule has 0 saturated heterocycles. The van der Waals surface area contributed by atoms with Crippen molar-refractivity contribution in [3.8, 4) is 5.75 Å². The molecule has 0 bridgehead atoms. The zero-order valence-electron chi connectivity index (χ0n) is 15.7. The topological polar surface area (TPSA) is 140 Å². The maximum Gasteiger partial charge on any atom is 0.339 e. The highest BCUT2D eigenvalue weighted by Crippen LogP contribution is 2.29. The number of carbonyl (C=O) groups is 3. The van der Waals surface area contributed by atoms with E-state index in [1.807, 2.05) is 0 Å². The summed E-state index contributed by atoms with van der Waals surface area (Å²) in [6.45, 7) is 1.71. The Morgan fingerprint density at radius 2 is 1.68 bits per heavy atom. The molecule has 0 aliphatic heterocycles. The van der Waals surface area contributed by atoms with E-state index >= 15 is 0 Å². The summed E-state index contributed by atoms with van der Waals surface area (Å²) >= 11 is 0. The first-order valence-electron chi connectivity index (χ1n) is 8.43. The van der Waals surface area contributed by atoms with Gasteiger partial charge in [-0.3, -0.25) is 4.79 Å². The van der Waals surface area contributed by atoms with Crippen LogP contribution in [-0.2, 0) is 20.8 Å². The van der Waals surface area contributed by atoms with Crippen LogP contribution in [0, 0.1) is 13.8 Å². The molecule has 9 nitrogen and oxygen atoms in total. The molecule has 1 aromatic carbocycles. The minimum Gasteiger partial charge on any atom is -0.548 e. The molecule has 1 amide bonds. The normalized spacial score (nSPS) is 10.7. The van der Waals surface area contributed by atoms with Crippen molar-refractivity contribution in [1.82, 2.24) is 4.90 Å². The number of aryl methyl sites for hydroxylation is 2. The predicted octanol–water partition coefficient (Wildman–Crippen LogP) is -1.32. The molecule has 0 spiro atoms. The van der Waals surface area contributed by atoms with Gasteiger partial charge in [-0.1, -0.05) is 0 Å². The summed E-state index contributed by atoms with van der Waals surface area (Å²) in [5, 5.41) is 22.1. The van der Waals surface area contributed by atoms with E-state index in [0.29, 0.717) is 32.7 Å². The number of nitrogens with zero attached hydrogens (tertiary/aromatic N) is 1. The van der Waals surface area contributed by atoms with Gasteiger partial charge in [-0.2, -0.15) is 0 Å². The van der Waals surface area contributed by atoms with Gasteiger partial charge < -0.3 is 33.9 Å². The van der Waals surface area contributed by atoms with Crippen LogP contribution in [0.15, 0.2) is 21.3 Å². The SMILES string of the molecule is COc1ccc2c(C)c(CCC(=O)N(CC(=O)[O-])CC(=O)[O-])c(=O)oc2c1C. The molecule has 2 aromatic rings. The minimum atomic E-state index is -1.60. The van der Waals surface area contributed by atoms with Crippen molar-refractivity contribution in [2.45, 2.75) is 26.7 Å².